The minimum atomic E-state index is -0.619. The average molecular weight is 359 g/mol. The second kappa shape index (κ2) is 6.36. The van der Waals surface area contributed by atoms with Gasteiger partial charge in [-0.1, -0.05) is 54.1 Å². The van der Waals surface area contributed by atoms with E-state index in [0.717, 1.165) is 5.56 Å². The fourth-order valence-electron chi connectivity index (χ4n) is 3.39. The summed E-state index contributed by atoms with van der Waals surface area (Å²) in [6.45, 7) is 3.83. The lowest BCUT2D eigenvalue weighted by Crippen LogP contribution is -2.22. The smallest absolute Gasteiger partial charge is 0.341 e. The van der Waals surface area contributed by atoms with Gasteiger partial charge in [-0.3, -0.25) is 9.59 Å². The van der Waals surface area contributed by atoms with Crippen LogP contribution in [0.1, 0.15) is 54.8 Å². The van der Waals surface area contributed by atoms with Gasteiger partial charge in [0.25, 0.3) is 0 Å². The molecule has 1 aliphatic rings. The van der Waals surface area contributed by atoms with Crippen molar-refractivity contribution in [3.8, 4) is 11.3 Å². The number of aromatic nitrogens is 1. The summed E-state index contributed by atoms with van der Waals surface area (Å²) >= 11 is 0. The number of aromatic amines is 1. The Bertz CT molecular complexity index is 1090. The summed E-state index contributed by atoms with van der Waals surface area (Å²) < 4.78 is 5.19. The molecule has 0 atom stereocenters. The highest BCUT2D eigenvalue weighted by atomic mass is 16.5. The van der Waals surface area contributed by atoms with Crippen molar-refractivity contribution in [3.63, 3.8) is 0 Å². The average Bonchev–Trinajstić information content (AvgIpc) is 3.08. The molecule has 134 valence electrons. The molecule has 5 heteroatoms. The van der Waals surface area contributed by atoms with Crippen LogP contribution in [-0.2, 0) is 4.74 Å². The summed E-state index contributed by atoms with van der Waals surface area (Å²) in [7, 11) is 0. The summed E-state index contributed by atoms with van der Waals surface area (Å²) in [5.74, 6) is -1.27. The van der Waals surface area contributed by atoms with E-state index in [2.05, 4.69) is 4.98 Å². The van der Waals surface area contributed by atoms with Crippen molar-refractivity contribution in [2.24, 2.45) is 0 Å². The first kappa shape index (κ1) is 17.0. The molecule has 0 saturated carbocycles. The first-order chi connectivity index (χ1) is 13.0. The van der Waals surface area contributed by atoms with Crippen molar-refractivity contribution >= 4 is 17.5 Å². The molecule has 0 fully saturated rings. The number of rotatable bonds is 3. The van der Waals surface area contributed by atoms with Crippen LogP contribution in [0.2, 0.25) is 0 Å². The van der Waals surface area contributed by atoms with Gasteiger partial charge in [-0.15, -0.1) is 0 Å². The molecule has 0 saturated heterocycles. The third-order valence-electron chi connectivity index (χ3n) is 4.69. The summed E-state index contributed by atoms with van der Waals surface area (Å²) in [4.78, 5) is 41.8. The monoisotopic (exact) mass is 359 g/mol. The van der Waals surface area contributed by atoms with Crippen LogP contribution in [0.15, 0.2) is 48.5 Å². The van der Waals surface area contributed by atoms with Crippen molar-refractivity contribution in [2.75, 3.05) is 6.61 Å². The van der Waals surface area contributed by atoms with Gasteiger partial charge in [-0.25, -0.2) is 4.79 Å². The zero-order valence-corrected chi connectivity index (χ0v) is 15.0. The van der Waals surface area contributed by atoms with Gasteiger partial charge in [0.1, 0.15) is 0 Å². The molecule has 27 heavy (non-hydrogen) atoms. The molecule has 1 aromatic heterocycles. The molecule has 5 nitrogen and oxygen atoms in total. The molecule has 1 aliphatic carbocycles. The lowest BCUT2D eigenvalue weighted by molar-refractivity contribution is 0.0525. The van der Waals surface area contributed by atoms with E-state index in [4.69, 9.17) is 4.74 Å². The maximum absolute atomic E-state index is 13.1. The molecule has 0 aliphatic heterocycles. The maximum Gasteiger partial charge on any atom is 0.341 e. The van der Waals surface area contributed by atoms with Crippen molar-refractivity contribution in [1.82, 2.24) is 4.98 Å². The minimum absolute atomic E-state index is 0.0905. The number of hydrogen-bond acceptors (Lipinski definition) is 4. The number of carbonyl (C=O) groups excluding carboxylic acids is 3. The van der Waals surface area contributed by atoms with Crippen LogP contribution in [-0.4, -0.2) is 29.1 Å². The van der Waals surface area contributed by atoms with Crippen molar-refractivity contribution < 1.29 is 19.1 Å². The molecular weight excluding hydrogens is 342 g/mol. The molecule has 2 aromatic carbocycles. The molecule has 0 radical (unpaired) electrons. The molecule has 1 N–H and O–H groups in total. The van der Waals surface area contributed by atoms with Gasteiger partial charge < -0.3 is 9.72 Å². The highest BCUT2D eigenvalue weighted by Crippen LogP contribution is 2.35. The van der Waals surface area contributed by atoms with E-state index >= 15 is 0 Å². The third-order valence-corrected chi connectivity index (χ3v) is 4.69. The normalized spacial score (nSPS) is 12.5. The highest BCUT2D eigenvalue weighted by molar-refractivity contribution is 6.31. The molecule has 0 bridgehead atoms. The Morgan fingerprint density at radius 2 is 1.56 bits per heavy atom. The van der Waals surface area contributed by atoms with Gasteiger partial charge in [-0.2, -0.15) is 0 Å². The van der Waals surface area contributed by atoms with E-state index in [1.807, 2.05) is 31.2 Å². The van der Waals surface area contributed by atoms with Gasteiger partial charge in [0, 0.05) is 11.1 Å². The molecule has 1 heterocycles. The Labute approximate surface area is 156 Å². The van der Waals surface area contributed by atoms with Crippen LogP contribution in [0.4, 0.5) is 0 Å². The maximum atomic E-state index is 13.1. The quantitative estimate of drug-likeness (QED) is 0.562. The zero-order chi connectivity index (χ0) is 19.1. The Kier molecular flexibility index (Phi) is 4.00. The first-order valence-electron chi connectivity index (χ1n) is 8.71. The van der Waals surface area contributed by atoms with Crippen molar-refractivity contribution in [1.29, 1.82) is 0 Å². The highest BCUT2D eigenvalue weighted by Gasteiger charge is 2.37. The number of H-pyrrole nitrogens is 1. The Morgan fingerprint density at radius 3 is 2.19 bits per heavy atom. The zero-order valence-electron chi connectivity index (χ0n) is 15.0. The SMILES string of the molecule is CCOC(=O)c1c(-c2ccc(C)cc2)[nH]c2c1C(=O)c1ccccc1C2=O. The number of ketones is 2. The number of aryl methyl sites for hydroxylation is 1. The number of carbonyl (C=O) groups is 3. The van der Waals surface area contributed by atoms with Gasteiger partial charge in [0.2, 0.25) is 5.78 Å². The lowest BCUT2D eigenvalue weighted by Gasteiger charge is -2.14. The second-order valence-electron chi connectivity index (χ2n) is 6.42. The van der Waals surface area contributed by atoms with Crippen LogP contribution in [0, 0.1) is 6.92 Å². The summed E-state index contributed by atoms with van der Waals surface area (Å²) in [6, 6.07) is 14.1. The Hall–Kier alpha value is -3.47. The number of ether oxygens (including phenoxy) is 1. The Morgan fingerprint density at radius 1 is 0.926 bits per heavy atom. The van der Waals surface area contributed by atoms with E-state index in [0.29, 0.717) is 22.4 Å². The topological polar surface area (TPSA) is 76.2 Å². The molecule has 0 amide bonds. The fraction of sp³-hybridized carbons (Fsp3) is 0.136. The van der Waals surface area contributed by atoms with Crippen LogP contribution in [0.25, 0.3) is 11.3 Å². The van der Waals surface area contributed by atoms with Crippen molar-refractivity contribution in [2.45, 2.75) is 13.8 Å². The van der Waals surface area contributed by atoms with Crippen LogP contribution < -0.4 is 0 Å². The standard InChI is InChI=1S/C22H17NO4/c1-3-27-22(26)17-16-19(23-18(17)13-10-8-12(2)9-11-13)21(25)15-7-5-4-6-14(15)20(16)24/h4-11,23H,3H2,1-2H3. The molecule has 3 aromatic rings. The fourth-order valence-corrected chi connectivity index (χ4v) is 3.39. The predicted octanol–water partition coefficient (Wildman–Crippen LogP) is 3.94. The lowest BCUT2D eigenvalue weighted by atomic mass is 9.86. The predicted molar refractivity (Wildman–Crippen MR) is 100 cm³/mol. The molecule has 0 spiro atoms. The largest absolute Gasteiger partial charge is 0.462 e. The van der Waals surface area contributed by atoms with Crippen LogP contribution >= 0.6 is 0 Å². The van der Waals surface area contributed by atoms with Gasteiger partial charge in [-0.05, 0) is 19.4 Å². The number of hydrogen-bond donors (Lipinski definition) is 1. The van der Waals surface area contributed by atoms with Crippen LogP contribution in [0.3, 0.4) is 0 Å². The van der Waals surface area contributed by atoms with Gasteiger partial charge in [0.05, 0.1) is 29.1 Å². The van der Waals surface area contributed by atoms with Gasteiger partial charge in [0.15, 0.2) is 5.78 Å². The number of benzene rings is 2. The number of nitrogens with one attached hydrogen (secondary N) is 1. The summed E-state index contributed by atoms with van der Waals surface area (Å²) in [5, 5.41) is 0. The molecule has 0 unspecified atom stereocenters. The minimum Gasteiger partial charge on any atom is -0.462 e. The number of esters is 1. The van der Waals surface area contributed by atoms with E-state index in [1.165, 1.54) is 0 Å². The Balaban J connectivity index is 2.00. The van der Waals surface area contributed by atoms with Gasteiger partial charge >= 0.3 is 5.97 Å². The summed E-state index contributed by atoms with van der Waals surface area (Å²) in [5.41, 5.74) is 3.17. The first-order valence-corrected chi connectivity index (χ1v) is 8.71. The third kappa shape index (κ3) is 2.59. The molecule has 4 rings (SSSR count). The van der Waals surface area contributed by atoms with Crippen molar-refractivity contribution in [3.05, 3.63) is 82.0 Å². The van der Waals surface area contributed by atoms with E-state index in [-0.39, 0.29) is 35.0 Å². The van der Waals surface area contributed by atoms with E-state index in [1.54, 1.807) is 31.2 Å². The molecular formula is C22H17NO4. The number of fused-ring (bicyclic) bond motifs is 2. The van der Waals surface area contributed by atoms with Crippen LogP contribution in [0.5, 0.6) is 0 Å². The second-order valence-corrected chi connectivity index (χ2v) is 6.42. The van der Waals surface area contributed by atoms with E-state index < -0.39 is 5.97 Å². The van der Waals surface area contributed by atoms with E-state index in [9.17, 15) is 14.4 Å². The summed E-state index contributed by atoms with van der Waals surface area (Å²) in [6.07, 6.45) is 0.